The second-order valence-electron chi connectivity index (χ2n) is 3.96. The summed E-state index contributed by atoms with van der Waals surface area (Å²) < 4.78 is 17.9. The van der Waals surface area contributed by atoms with Crippen molar-refractivity contribution >= 4 is 0 Å². The maximum atomic E-state index is 12.6. The number of hydrogen-bond acceptors (Lipinski definition) is 2. The van der Waals surface area contributed by atoms with Gasteiger partial charge in [0.15, 0.2) is 0 Å². The van der Waals surface area contributed by atoms with E-state index in [9.17, 15) is 4.39 Å². The summed E-state index contributed by atoms with van der Waals surface area (Å²) >= 11 is 0. The standard InChI is InChI=1S/C9H16FNO/c10-5-8-6-11-7-9(8)1-3-12-4-2-9/h8,11H,1-7H2. The summed E-state index contributed by atoms with van der Waals surface area (Å²) in [5, 5.41) is 3.29. The second kappa shape index (κ2) is 3.30. The lowest BCUT2D eigenvalue weighted by Crippen LogP contribution is -2.37. The number of ether oxygens (including phenoxy) is 1. The Morgan fingerprint density at radius 1 is 1.42 bits per heavy atom. The Balaban J connectivity index is 2.05. The SMILES string of the molecule is FCC1CNCC12CCOCC2. The van der Waals surface area contributed by atoms with E-state index in [-0.39, 0.29) is 18.0 Å². The molecule has 0 bridgehead atoms. The van der Waals surface area contributed by atoms with Crippen LogP contribution in [0.2, 0.25) is 0 Å². The lowest BCUT2D eigenvalue weighted by molar-refractivity contribution is -0.00217. The predicted molar refractivity (Wildman–Crippen MR) is 44.8 cm³/mol. The highest BCUT2D eigenvalue weighted by Gasteiger charge is 2.43. The monoisotopic (exact) mass is 173 g/mol. The number of alkyl halides is 1. The third-order valence-electron chi connectivity index (χ3n) is 3.41. The van der Waals surface area contributed by atoms with Gasteiger partial charge in [0.25, 0.3) is 0 Å². The zero-order chi connectivity index (χ0) is 8.44. The molecule has 2 rings (SSSR count). The van der Waals surface area contributed by atoms with E-state index in [2.05, 4.69) is 5.32 Å². The van der Waals surface area contributed by atoms with Gasteiger partial charge in [0.2, 0.25) is 0 Å². The van der Waals surface area contributed by atoms with Crippen molar-refractivity contribution in [3.8, 4) is 0 Å². The number of rotatable bonds is 1. The summed E-state index contributed by atoms with van der Waals surface area (Å²) in [6, 6.07) is 0. The molecule has 0 aromatic heterocycles. The molecule has 1 spiro atoms. The second-order valence-corrected chi connectivity index (χ2v) is 3.96. The van der Waals surface area contributed by atoms with Gasteiger partial charge in [0, 0.05) is 32.2 Å². The first kappa shape index (κ1) is 8.45. The first-order valence-corrected chi connectivity index (χ1v) is 4.72. The lowest BCUT2D eigenvalue weighted by atomic mass is 9.73. The highest BCUT2D eigenvalue weighted by atomic mass is 19.1. The predicted octanol–water partition coefficient (Wildman–Crippen LogP) is 0.972. The smallest absolute Gasteiger partial charge is 0.0940 e. The van der Waals surface area contributed by atoms with Gasteiger partial charge in [-0.05, 0) is 18.3 Å². The molecule has 2 fully saturated rings. The Kier molecular flexibility index (Phi) is 2.33. The van der Waals surface area contributed by atoms with Gasteiger partial charge in [-0.1, -0.05) is 0 Å². The van der Waals surface area contributed by atoms with E-state index in [4.69, 9.17) is 4.74 Å². The van der Waals surface area contributed by atoms with Gasteiger partial charge in [-0.15, -0.1) is 0 Å². The molecule has 12 heavy (non-hydrogen) atoms. The summed E-state index contributed by atoms with van der Waals surface area (Å²) in [5.41, 5.74) is 0.229. The highest BCUT2D eigenvalue weighted by molar-refractivity contribution is 4.95. The van der Waals surface area contributed by atoms with Crippen LogP contribution in [0.1, 0.15) is 12.8 Å². The van der Waals surface area contributed by atoms with Crippen LogP contribution in [0.4, 0.5) is 4.39 Å². The van der Waals surface area contributed by atoms with Crippen LogP contribution >= 0.6 is 0 Å². The van der Waals surface area contributed by atoms with E-state index < -0.39 is 0 Å². The molecule has 0 aromatic carbocycles. The van der Waals surface area contributed by atoms with Gasteiger partial charge >= 0.3 is 0 Å². The number of hydrogen-bond donors (Lipinski definition) is 1. The van der Waals surface area contributed by atoms with E-state index in [1.54, 1.807) is 0 Å². The van der Waals surface area contributed by atoms with Crippen molar-refractivity contribution in [2.24, 2.45) is 11.3 Å². The third-order valence-corrected chi connectivity index (χ3v) is 3.41. The highest BCUT2D eigenvalue weighted by Crippen LogP contribution is 2.40. The minimum atomic E-state index is -0.174. The molecule has 2 aliphatic heterocycles. The van der Waals surface area contributed by atoms with Crippen molar-refractivity contribution in [1.29, 1.82) is 0 Å². The van der Waals surface area contributed by atoms with Crippen LogP contribution in [0.25, 0.3) is 0 Å². The van der Waals surface area contributed by atoms with Crippen molar-refractivity contribution in [2.75, 3.05) is 33.0 Å². The van der Waals surface area contributed by atoms with Gasteiger partial charge in [-0.3, -0.25) is 4.39 Å². The van der Waals surface area contributed by atoms with Crippen LogP contribution in [0.5, 0.6) is 0 Å². The van der Waals surface area contributed by atoms with Crippen molar-refractivity contribution in [3.05, 3.63) is 0 Å². The third kappa shape index (κ3) is 1.25. The molecule has 70 valence electrons. The Bertz CT molecular complexity index is 157. The van der Waals surface area contributed by atoms with E-state index in [0.29, 0.717) is 0 Å². The van der Waals surface area contributed by atoms with Gasteiger partial charge in [0.1, 0.15) is 0 Å². The van der Waals surface area contributed by atoms with Crippen molar-refractivity contribution in [3.63, 3.8) is 0 Å². The fourth-order valence-electron chi connectivity index (χ4n) is 2.44. The Morgan fingerprint density at radius 2 is 2.17 bits per heavy atom. The average Bonchev–Trinajstić information content (AvgIpc) is 2.49. The summed E-state index contributed by atoms with van der Waals surface area (Å²) in [6.45, 7) is 3.31. The normalized spacial score (nSPS) is 34.2. The van der Waals surface area contributed by atoms with Gasteiger partial charge in [-0.2, -0.15) is 0 Å². The maximum absolute atomic E-state index is 12.6. The molecule has 2 nitrogen and oxygen atoms in total. The van der Waals surface area contributed by atoms with Gasteiger partial charge < -0.3 is 10.1 Å². The van der Waals surface area contributed by atoms with E-state index in [1.165, 1.54) is 0 Å². The molecule has 2 aliphatic rings. The Labute approximate surface area is 72.5 Å². The van der Waals surface area contributed by atoms with Crippen LogP contribution in [-0.4, -0.2) is 33.0 Å². The molecule has 0 aromatic rings. The molecule has 0 radical (unpaired) electrons. The molecule has 2 saturated heterocycles. The summed E-state index contributed by atoms with van der Waals surface area (Å²) in [5.74, 6) is 0.237. The Hall–Kier alpha value is -0.150. The van der Waals surface area contributed by atoms with E-state index >= 15 is 0 Å². The van der Waals surface area contributed by atoms with Crippen LogP contribution in [0, 0.1) is 11.3 Å². The topological polar surface area (TPSA) is 21.3 Å². The average molecular weight is 173 g/mol. The fraction of sp³-hybridized carbons (Fsp3) is 1.00. The first-order chi connectivity index (χ1) is 5.87. The minimum Gasteiger partial charge on any atom is -0.381 e. The van der Waals surface area contributed by atoms with Crippen LogP contribution in [-0.2, 0) is 4.74 Å². The molecule has 2 heterocycles. The number of nitrogens with one attached hydrogen (secondary N) is 1. The summed E-state index contributed by atoms with van der Waals surface area (Å²) in [6.07, 6.45) is 2.07. The number of halogens is 1. The van der Waals surface area contributed by atoms with Crippen molar-refractivity contribution < 1.29 is 9.13 Å². The Morgan fingerprint density at radius 3 is 2.83 bits per heavy atom. The van der Waals surface area contributed by atoms with Crippen LogP contribution < -0.4 is 5.32 Å². The van der Waals surface area contributed by atoms with Gasteiger partial charge in [-0.25, -0.2) is 0 Å². The largest absolute Gasteiger partial charge is 0.381 e. The molecular formula is C9H16FNO. The molecule has 0 aliphatic carbocycles. The quantitative estimate of drug-likeness (QED) is 0.638. The van der Waals surface area contributed by atoms with Crippen molar-refractivity contribution in [1.82, 2.24) is 5.32 Å². The molecule has 0 amide bonds. The fourth-order valence-corrected chi connectivity index (χ4v) is 2.44. The van der Waals surface area contributed by atoms with E-state index in [1.807, 2.05) is 0 Å². The molecule has 1 atom stereocenters. The molecular weight excluding hydrogens is 157 g/mol. The molecule has 1 unspecified atom stereocenters. The van der Waals surface area contributed by atoms with Crippen molar-refractivity contribution in [2.45, 2.75) is 12.8 Å². The van der Waals surface area contributed by atoms with E-state index in [0.717, 1.165) is 39.1 Å². The molecule has 3 heteroatoms. The van der Waals surface area contributed by atoms with Crippen LogP contribution in [0.3, 0.4) is 0 Å². The molecule has 0 saturated carbocycles. The summed E-state index contributed by atoms with van der Waals surface area (Å²) in [7, 11) is 0. The first-order valence-electron chi connectivity index (χ1n) is 4.72. The van der Waals surface area contributed by atoms with Gasteiger partial charge in [0.05, 0.1) is 6.67 Å². The lowest BCUT2D eigenvalue weighted by Gasteiger charge is -2.36. The minimum absolute atomic E-state index is 0.174. The van der Waals surface area contributed by atoms with Crippen LogP contribution in [0.15, 0.2) is 0 Å². The maximum Gasteiger partial charge on any atom is 0.0940 e. The zero-order valence-electron chi connectivity index (χ0n) is 7.31. The molecule has 1 N–H and O–H groups in total. The zero-order valence-corrected chi connectivity index (χ0v) is 7.31. The summed E-state index contributed by atoms with van der Waals surface area (Å²) in [4.78, 5) is 0.